The average Bonchev–Trinajstić information content (AvgIpc) is 3.06. The largest absolute Gasteiger partial charge is 0.494 e. The smallest absolute Gasteiger partial charge is 0.336 e. The Balaban J connectivity index is 2.88. The first-order chi connectivity index (χ1) is 22.9. The summed E-state index contributed by atoms with van der Waals surface area (Å²) in [4.78, 5) is 38.5. The maximum absolute atomic E-state index is 14.2. The lowest BCUT2D eigenvalue weighted by molar-refractivity contribution is -0.169. The molecule has 0 aromatic heterocycles. The first-order valence-electron chi connectivity index (χ1n) is 17.5. The second kappa shape index (κ2) is 24.1. The van der Waals surface area contributed by atoms with Gasteiger partial charge in [0.05, 0.1) is 19.6 Å². The molecule has 0 aliphatic rings. The number of methoxy groups -OCH3 is 2. The standard InChI is InChI=1S/C37H59F2NO8/c1-5-7-9-13-16-23-36(38,39)24-17-14-11-10-12-15-18-31(37(45,35(43)44)25-27-46-3)33(41)40-32(34(42)47-4)28-29-19-21-30(22-20-29)48-26-8-6-2/h15,18-22,31-32,45H,5-14,16-17,23-28H2,1-4H3,(H,40,41)(H,43,44)/b18-15+/t31?,32-,37?/m0/s1. The van der Waals surface area contributed by atoms with E-state index in [0.29, 0.717) is 56.4 Å². The Hall–Kier alpha value is -3.05. The van der Waals surface area contributed by atoms with Gasteiger partial charge in [0.25, 0.3) is 0 Å². The van der Waals surface area contributed by atoms with E-state index in [1.165, 1.54) is 20.3 Å². The number of aliphatic hydroxyl groups is 1. The molecule has 1 aromatic carbocycles. The number of hydrogen-bond acceptors (Lipinski definition) is 7. The molecule has 274 valence electrons. The van der Waals surface area contributed by atoms with Crippen LogP contribution in [0.15, 0.2) is 36.4 Å². The number of hydrogen-bond donors (Lipinski definition) is 3. The number of carboxylic acid groups (broad SMARTS) is 1. The van der Waals surface area contributed by atoms with Crippen molar-refractivity contribution >= 4 is 17.8 Å². The number of halogens is 2. The zero-order chi connectivity index (χ0) is 35.8. The molecule has 11 heteroatoms. The molecule has 48 heavy (non-hydrogen) atoms. The number of carbonyl (C=O) groups is 3. The molecule has 1 aromatic rings. The van der Waals surface area contributed by atoms with Crippen molar-refractivity contribution in [2.45, 2.75) is 134 Å². The summed E-state index contributed by atoms with van der Waals surface area (Å²) in [6.45, 7) is 4.61. The van der Waals surface area contributed by atoms with Gasteiger partial charge >= 0.3 is 11.9 Å². The lowest BCUT2D eigenvalue weighted by atomic mass is 9.83. The number of carbonyl (C=O) groups excluding carboxylic acids is 2. The molecule has 0 radical (unpaired) electrons. The van der Waals surface area contributed by atoms with E-state index in [0.717, 1.165) is 38.5 Å². The summed E-state index contributed by atoms with van der Waals surface area (Å²) >= 11 is 0. The molecular weight excluding hydrogens is 624 g/mol. The van der Waals surface area contributed by atoms with Crippen molar-refractivity contribution in [3.63, 3.8) is 0 Å². The fourth-order valence-corrected chi connectivity index (χ4v) is 5.35. The fraction of sp³-hybridized carbons (Fsp3) is 0.703. The lowest BCUT2D eigenvalue weighted by Gasteiger charge is -2.30. The average molecular weight is 684 g/mol. The summed E-state index contributed by atoms with van der Waals surface area (Å²) in [6, 6.07) is 5.91. The first kappa shape index (κ1) is 43.0. The number of amides is 1. The van der Waals surface area contributed by atoms with Gasteiger partial charge in [0.1, 0.15) is 11.8 Å². The zero-order valence-electron chi connectivity index (χ0n) is 29.4. The monoisotopic (exact) mass is 683 g/mol. The normalized spacial score (nSPS) is 14.3. The Kier molecular flexibility index (Phi) is 21.6. The van der Waals surface area contributed by atoms with Crippen molar-refractivity contribution < 1.29 is 47.6 Å². The molecule has 9 nitrogen and oxygen atoms in total. The number of unbranched alkanes of at least 4 members (excludes halogenated alkanes) is 9. The minimum absolute atomic E-state index is 0.0611. The van der Waals surface area contributed by atoms with E-state index < -0.39 is 41.3 Å². The van der Waals surface area contributed by atoms with Crippen LogP contribution < -0.4 is 10.1 Å². The van der Waals surface area contributed by atoms with Gasteiger partial charge in [-0.3, -0.25) is 4.79 Å². The topological polar surface area (TPSA) is 131 Å². The van der Waals surface area contributed by atoms with Crippen LogP contribution in [0.25, 0.3) is 0 Å². The predicted octanol–water partition coefficient (Wildman–Crippen LogP) is 7.43. The van der Waals surface area contributed by atoms with E-state index >= 15 is 0 Å². The van der Waals surface area contributed by atoms with Crippen molar-refractivity contribution in [2.24, 2.45) is 5.92 Å². The molecule has 2 unspecified atom stereocenters. The highest BCUT2D eigenvalue weighted by Crippen LogP contribution is 2.29. The van der Waals surface area contributed by atoms with Crippen molar-refractivity contribution in [3.8, 4) is 5.75 Å². The minimum atomic E-state index is -2.65. The Morgan fingerprint density at radius 2 is 1.46 bits per heavy atom. The van der Waals surface area contributed by atoms with Gasteiger partial charge in [0.2, 0.25) is 11.8 Å². The van der Waals surface area contributed by atoms with Gasteiger partial charge < -0.3 is 29.7 Å². The second-order valence-electron chi connectivity index (χ2n) is 12.5. The van der Waals surface area contributed by atoms with Gasteiger partial charge in [-0.15, -0.1) is 0 Å². The Morgan fingerprint density at radius 3 is 2.02 bits per heavy atom. The molecule has 0 aliphatic carbocycles. The third-order valence-corrected chi connectivity index (χ3v) is 8.42. The van der Waals surface area contributed by atoms with Crippen molar-refractivity contribution in [1.82, 2.24) is 5.32 Å². The third-order valence-electron chi connectivity index (χ3n) is 8.42. The number of alkyl halides is 2. The van der Waals surface area contributed by atoms with E-state index in [4.69, 9.17) is 14.2 Å². The summed E-state index contributed by atoms with van der Waals surface area (Å²) in [7, 11) is 2.54. The maximum atomic E-state index is 14.2. The first-order valence-corrected chi connectivity index (χ1v) is 17.5. The van der Waals surface area contributed by atoms with Crippen molar-refractivity contribution in [3.05, 3.63) is 42.0 Å². The van der Waals surface area contributed by atoms with E-state index in [-0.39, 0.29) is 32.3 Å². The van der Waals surface area contributed by atoms with Crippen LogP contribution in [0.5, 0.6) is 5.75 Å². The minimum Gasteiger partial charge on any atom is -0.494 e. The molecule has 0 spiro atoms. The molecular formula is C37H59F2NO8. The van der Waals surface area contributed by atoms with E-state index in [2.05, 4.69) is 19.2 Å². The highest BCUT2D eigenvalue weighted by molar-refractivity contribution is 5.92. The lowest BCUT2D eigenvalue weighted by Crippen LogP contribution is -2.55. The van der Waals surface area contributed by atoms with Gasteiger partial charge in [-0.1, -0.05) is 83.1 Å². The summed E-state index contributed by atoms with van der Waals surface area (Å²) < 4.78 is 44.0. The predicted molar refractivity (Wildman–Crippen MR) is 182 cm³/mol. The molecule has 3 N–H and O–H groups in total. The van der Waals surface area contributed by atoms with Crippen LogP contribution in [0, 0.1) is 5.92 Å². The summed E-state index contributed by atoms with van der Waals surface area (Å²) in [6.07, 6.45) is 11.7. The van der Waals surface area contributed by atoms with Crippen LogP contribution in [-0.4, -0.2) is 73.1 Å². The highest BCUT2D eigenvalue weighted by atomic mass is 19.3. The number of benzene rings is 1. The Morgan fingerprint density at radius 1 is 0.854 bits per heavy atom. The Bertz CT molecular complexity index is 1080. The van der Waals surface area contributed by atoms with E-state index in [1.54, 1.807) is 30.3 Å². The second-order valence-corrected chi connectivity index (χ2v) is 12.5. The SMILES string of the molecule is CCCCCCCC(F)(F)CCCCCC/C=C/C(C(=O)N[C@@H](Cc1ccc(OCCCC)cc1)C(=O)OC)C(O)(CCOC)C(=O)O. The van der Waals surface area contributed by atoms with Gasteiger partial charge in [-0.25, -0.2) is 18.4 Å². The van der Waals surface area contributed by atoms with Crippen LogP contribution in [0.4, 0.5) is 8.78 Å². The zero-order valence-corrected chi connectivity index (χ0v) is 29.4. The molecule has 0 aliphatic heterocycles. The van der Waals surface area contributed by atoms with Crippen molar-refractivity contribution in [1.29, 1.82) is 0 Å². The summed E-state index contributed by atoms with van der Waals surface area (Å²) in [5.41, 5.74) is -1.81. The van der Waals surface area contributed by atoms with Crippen LogP contribution in [0.2, 0.25) is 0 Å². The number of aliphatic carboxylic acids is 1. The summed E-state index contributed by atoms with van der Waals surface area (Å²) in [5.74, 6) is -6.73. The third kappa shape index (κ3) is 16.9. The number of allylic oxidation sites excluding steroid dienone is 1. The molecule has 0 saturated heterocycles. The number of ether oxygens (including phenoxy) is 3. The number of nitrogens with one attached hydrogen (secondary N) is 1. The number of rotatable bonds is 28. The molecule has 0 fully saturated rings. The number of esters is 1. The van der Waals surface area contributed by atoms with Gasteiger partial charge in [0.15, 0.2) is 5.60 Å². The highest BCUT2D eigenvalue weighted by Gasteiger charge is 2.47. The molecule has 3 atom stereocenters. The van der Waals surface area contributed by atoms with Gasteiger partial charge in [-0.05, 0) is 49.8 Å². The van der Waals surface area contributed by atoms with E-state index in [9.17, 15) is 33.4 Å². The number of carboxylic acids is 1. The van der Waals surface area contributed by atoms with Crippen LogP contribution in [0.3, 0.4) is 0 Å². The molecule has 0 saturated carbocycles. The van der Waals surface area contributed by atoms with E-state index in [1.807, 2.05) is 0 Å². The molecule has 1 amide bonds. The van der Waals surface area contributed by atoms with Crippen molar-refractivity contribution in [2.75, 3.05) is 27.4 Å². The quantitative estimate of drug-likeness (QED) is 0.0472. The maximum Gasteiger partial charge on any atom is 0.336 e. The fourth-order valence-electron chi connectivity index (χ4n) is 5.35. The molecule has 1 rings (SSSR count). The van der Waals surface area contributed by atoms with Crippen LogP contribution >= 0.6 is 0 Å². The Labute approximate surface area is 285 Å². The van der Waals surface area contributed by atoms with Gasteiger partial charge in [0, 0.05) is 39.4 Å². The molecule has 0 bridgehead atoms. The van der Waals surface area contributed by atoms with Crippen LogP contribution in [-0.2, 0) is 30.3 Å². The molecule has 0 heterocycles. The van der Waals surface area contributed by atoms with Crippen LogP contribution in [0.1, 0.15) is 116 Å². The van der Waals surface area contributed by atoms with Gasteiger partial charge in [-0.2, -0.15) is 0 Å². The summed E-state index contributed by atoms with van der Waals surface area (Å²) in [5, 5.41) is 23.8.